The van der Waals surface area contributed by atoms with Gasteiger partial charge in [0.05, 0.1) is 0 Å². The number of rotatable bonds is 11. The molecule has 0 aromatic carbocycles. The largest absolute Gasteiger partial charge is 0.460 e. The third-order valence-corrected chi connectivity index (χ3v) is 4.18. The molecule has 1 aliphatic heterocycles. The van der Waals surface area contributed by atoms with E-state index in [-0.39, 0.29) is 25.7 Å². The Balaban J connectivity index is 2.52. The van der Waals surface area contributed by atoms with Gasteiger partial charge in [0.15, 0.2) is 6.29 Å². The van der Waals surface area contributed by atoms with Crippen molar-refractivity contribution in [2.75, 3.05) is 13.2 Å². The van der Waals surface area contributed by atoms with Crippen molar-refractivity contribution in [2.24, 2.45) is 0 Å². The molecule has 1 atom stereocenters. The molecular weight excluding hydrogens is 421 g/mol. The van der Waals surface area contributed by atoms with Crippen LogP contribution in [-0.4, -0.2) is 49.4 Å². The van der Waals surface area contributed by atoms with Crippen LogP contribution in [0.3, 0.4) is 0 Å². The smallest absolute Gasteiger partial charge is 0.353 e. The first-order chi connectivity index (χ1) is 12.6. The zero-order chi connectivity index (χ0) is 21.9. The lowest BCUT2D eigenvalue weighted by Gasteiger charge is -2.37. The summed E-state index contributed by atoms with van der Waals surface area (Å²) in [7, 11) is 0. The van der Waals surface area contributed by atoms with Crippen LogP contribution in [0.1, 0.15) is 44.9 Å². The zero-order valence-corrected chi connectivity index (χ0v) is 14.4. The number of alkyl halides is 11. The van der Waals surface area contributed by atoms with Crippen molar-refractivity contribution in [2.45, 2.75) is 81.1 Å². The summed E-state index contributed by atoms with van der Waals surface area (Å²) in [6, 6.07) is 0. The van der Waals surface area contributed by atoms with Gasteiger partial charge in [0.1, 0.15) is 0 Å². The van der Waals surface area contributed by atoms with Gasteiger partial charge in [-0.1, -0.05) is 12.8 Å². The standard InChI is InChI=1S/C15H19F11O2/c16-11(17,7-3-1-2-4-8-27-10-6-5-9-28-10)12(18,19)13(20,21)14(22,23)15(24,25)26/h10H,1-9H2. The number of hydrogen-bond donors (Lipinski definition) is 0. The van der Waals surface area contributed by atoms with Gasteiger partial charge in [-0.25, -0.2) is 0 Å². The summed E-state index contributed by atoms with van der Waals surface area (Å²) < 4.78 is 151. The lowest BCUT2D eigenvalue weighted by Crippen LogP contribution is -2.66. The predicted octanol–water partition coefficient (Wildman–Crippen LogP) is 6.19. The fourth-order valence-corrected chi connectivity index (χ4v) is 2.46. The van der Waals surface area contributed by atoms with Crippen molar-refractivity contribution in [3.8, 4) is 0 Å². The van der Waals surface area contributed by atoms with Gasteiger partial charge in [0.2, 0.25) is 0 Å². The molecule has 1 aliphatic rings. The quantitative estimate of drug-likeness (QED) is 0.282. The molecule has 13 heteroatoms. The summed E-state index contributed by atoms with van der Waals surface area (Å²) in [5, 5.41) is 0. The topological polar surface area (TPSA) is 18.5 Å². The lowest BCUT2D eigenvalue weighted by molar-refractivity contribution is -0.422. The second-order valence-electron chi connectivity index (χ2n) is 6.40. The molecule has 0 aromatic heterocycles. The Morgan fingerprint density at radius 3 is 1.79 bits per heavy atom. The molecule has 1 unspecified atom stereocenters. The van der Waals surface area contributed by atoms with Crippen molar-refractivity contribution in [1.82, 2.24) is 0 Å². The Morgan fingerprint density at radius 2 is 1.29 bits per heavy atom. The van der Waals surface area contributed by atoms with Crippen LogP contribution in [0.4, 0.5) is 48.3 Å². The first-order valence-corrected chi connectivity index (χ1v) is 8.39. The maximum Gasteiger partial charge on any atom is 0.460 e. The summed E-state index contributed by atoms with van der Waals surface area (Å²) >= 11 is 0. The molecule has 0 aromatic rings. The van der Waals surface area contributed by atoms with Crippen LogP contribution in [-0.2, 0) is 9.47 Å². The molecule has 0 spiro atoms. The molecule has 0 N–H and O–H groups in total. The molecule has 1 rings (SSSR count). The van der Waals surface area contributed by atoms with Crippen molar-refractivity contribution in [3.05, 3.63) is 0 Å². The molecule has 1 heterocycles. The Kier molecular flexibility index (Phi) is 7.99. The summed E-state index contributed by atoms with van der Waals surface area (Å²) in [6.07, 6.45) is -8.47. The summed E-state index contributed by atoms with van der Waals surface area (Å²) in [6.45, 7) is 0.707. The van der Waals surface area contributed by atoms with Gasteiger partial charge >= 0.3 is 29.9 Å². The number of ether oxygens (including phenoxy) is 2. The van der Waals surface area contributed by atoms with Crippen LogP contribution in [0.15, 0.2) is 0 Å². The highest BCUT2D eigenvalue weighted by Crippen LogP contribution is 2.58. The molecule has 0 bridgehead atoms. The molecule has 28 heavy (non-hydrogen) atoms. The lowest BCUT2D eigenvalue weighted by atomic mass is 9.94. The molecule has 168 valence electrons. The van der Waals surface area contributed by atoms with Crippen LogP contribution in [0.5, 0.6) is 0 Å². The van der Waals surface area contributed by atoms with E-state index >= 15 is 0 Å². The van der Waals surface area contributed by atoms with Crippen molar-refractivity contribution in [3.63, 3.8) is 0 Å². The van der Waals surface area contributed by atoms with E-state index in [4.69, 9.17) is 9.47 Å². The normalized spacial score (nSPS) is 20.0. The van der Waals surface area contributed by atoms with E-state index < -0.39 is 42.7 Å². The van der Waals surface area contributed by atoms with E-state index in [1.165, 1.54) is 0 Å². The summed E-state index contributed by atoms with van der Waals surface area (Å²) in [5.41, 5.74) is 0. The van der Waals surface area contributed by atoms with Gasteiger partial charge in [0.25, 0.3) is 0 Å². The third-order valence-electron chi connectivity index (χ3n) is 4.18. The van der Waals surface area contributed by atoms with Gasteiger partial charge < -0.3 is 9.47 Å². The fourth-order valence-electron chi connectivity index (χ4n) is 2.46. The Morgan fingerprint density at radius 1 is 0.714 bits per heavy atom. The highest BCUT2D eigenvalue weighted by molar-refractivity contribution is 5.06. The van der Waals surface area contributed by atoms with Crippen molar-refractivity contribution >= 4 is 0 Å². The average Bonchev–Trinajstić information content (AvgIpc) is 3.05. The molecule has 2 nitrogen and oxygen atoms in total. The Bertz CT molecular complexity index is 485. The van der Waals surface area contributed by atoms with Gasteiger partial charge in [-0.3, -0.25) is 0 Å². The molecule has 1 fully saturated rings. The maximum absolute atomic E-state index is 13.4. The summed E-state index contributed by atoms with van der Waals surface area (Å²) in [4.78, 5) is 0. The van der Waals surface area contributed by atoms with Crippen LogP contribution in [0.25, 0.3) is 0 Å². The van der Waals surface area contributed by atoms with E-state index in [1.807, 2.05) is 0 Å². The SMILES string of the molecule is FC(F)(F)C(F)(F)C(F)(F)C(F)(F)C(F)(F)CCCCCCOC1CCCO1. The predicted molar refractivity (Wildman–Crippen MR) is 73.9 cm³/mol. The molecular formula is C15H19F11O2. The van der Waals surface area contributed by atoms with Crippen molar-refractivity contribution in [1.29, 1.82) is 0 Å². The van der Waals surface area contributed by atoms with Gasteiger partial charge in [0, 0.05) is 26.1 Å². The minimum Gasteiger partial charge on any atom is -0.353 e. The van der Waals surface area contributed by atoms with Crippen LogP contribution in [0, 0.1) is 0 Å². The molecule has 0 amide bonds. The van der Waals surface area contributed by atoms with E-state index in [1.54, 1.807) is 0 Å². The van der Waals surface area contributed by atoms with Gasteiger partial charge in [-0.05, 0) is 19.3 Å². The van der Waals surface area contributed by atoms with Crippen LogP contribution in [0.2, 0.25) is 0 Å². The number of hydrogen-bond acceptors (Lipinski definition) is 2. The molecule has 0 aliphatic carbocycles. The highest BCUT2D eigenvalue weighted by Gasteiger charge is 2.86. The molecule has 1 saturated heterocycles. The van der Waals surface area contributed by atoms with E-state index in [9.17, 15) is 48.3 Å². The molecule has 0 saturated carbocycles. The number of halogens is 11. The second-order valence-corrected chi connectivity index (χ2v) is 6.40. The third kappa shape index (κ3) is 5.19. The zero-order valence-electron chi connectivity index (χ0n) is 14.4. The summed E-state index contributed by atoms with van der Waals surface area (Å²) in [5.74, 6) is -27.3. The van der Waals surface area contributed by atoms with E-state index in [0.717, 1.165) is 6.42 Å². The van der Waals surface area contributed by atoms with E-state index in [0.29, 0.717) is 19.4 Å². The minimum absolute atomic E-state index is 0.165. The van der Waals surface area contributed by atoms with Gasteiger partial charge in [-0.15, -0.1) is 0 Å². The van der Waals surface area contributed by atoms with Crippen molar-refractivity contribution < 1.29 is 57.8 Å². The molecule has 0 radical (unpaired) electrons. The van der Waals surface area contributed by atoms with Crippen LogP contribution < -0.4 is 0 Å². The van der Waals surface area contributed by atoms with Gasteiger partial charge in [-0.2, -0.15) is 48.3 Å². The maximum atomic E-state index is 13.4. The second kappa shape index (κ2) is 8.88. The Labute approximate surface area is 153 Å². The highest BCUT2D eigenvalue weighted by atomic mass is 19.4. The Hall–Kier alpha value is -0.850. The average molecular weight is 440 g/mol. The monoisotopic (exact) mass is 440 g/mol. The van der Waals surface area contributed by atoms with E-state index in [2.05, 4.69) is 0 Å². The minimum atomic E-state index is -7.33. The first-order valence-electron chi connectivity index (χ1n) is 8.39. The first kappa shape index (κ1) is 25.2. The fraction of sp³-hybridized carbons (Fsp3) is 1.00. The van der Waals surface area contributed by atoms with Crippen LogP contribution >= 0.6 is 0 Å². The number of unbranched alkanes of at least 4 members (excludes halogenated alkanes) is 3.